The Bertz CT molecular complexity index is 581. The van der Waals surface area contributed by atoms with Crippen molar-refractivity contribution in [3.63, 3.8) is 0 Å². The third-order valence-electron chi connectivity index (χ3n) is 2.50. The summed E-state index contributed by atoms with van der Waals surface area (Å²) in [6, 6.07) is 5.30. The van der Waals surface area contributed by atoms with Gasteiger partial charge in [-0.2, -0.15) is 0 Å². The number of aromatic nitrogens is 1. The number of nitrogens with two attached hydrogens (primary N) is 1. The van der Waals surface area contributed by atoms with Crippen molar-refractivity contribution in [1.82, 2.24) is 4.98 Å². The summed E-state index contributed by atoms with van der Waals surface area (Å²) < 4.78 is 9.89. The molecule has 0 spiro atoms. The van der Waals surface area contributed by atoms with Crippen LogP contribution in [0.1, 0.15) is 10.4 Å². The summed E-state index contributed by atoms with van der Waals surface area (Å²) in [5, 5.41) is 0.621. The molecule has 2 N–H and O–H groups in total. The number of hydrogen-bond acceptors (Lipinski definition) is 5. The first kappa shape index (κ1) is 11.2. The van der Waals surface area contributed by atoms with Crippen molar-refractivity contribution in [2.24, 2.45) is 0 Å². The molecule has 0 amide bonds. The number of pyridine rings is 1. The van der Waals surface area contributed by atoms with Crippen LogP contribution in [0.3, 0.4) is 0 Å². The molecule has 1 aromatic carbocycles. The fourth-order valence-corrected chi connectivity index (χ4v) is 1.71. The van der Waals surface area contributed by atoms with Gasteiger partial charge in [-0.15, -0.1) is 0 Å². The zero-order valence-electron chi connectivity index (χ0n) is 9.56. The smallest absolute Gasteiger partial charge is 0.340 e. The summed E-state index contributed by atoms with van der Waals surface area (Å²) in [4.78, 5) is 15.8. The third-order valence-corrected chi connectivity index (χ3v) is 2.50. The molecule has 0 atom stereocenters. The number of benzene rings is 1. The second kappa shape index (κ2) is 4.29. The maximum absolute atomic E-state index is 11.7. The van der Waals surface area contributed by atoms with E-state index in [0.717, 1.165) is 0 Å². The van der Waals surface area contributed by atoms with E-state index in [2.05, 4.69) is 4.98 Å². The van der Waals surface area contributed by atoms with Crippen LogP contribution in [-0.4, -0.2) is 25.2 Å². The summed E-state index contributed by atoms with van der Waals surface area (Å²) in [5.41, 5.74) is 6.94. The van der Waals surface area contributed by atoms with Crippen molar-refractivity contribution in [2.75, 3.05) is 20.0 Å². The van der Waals surface area contributed by atoms with E-state index in [1.54, 1.807) is 25.3 Å². The fourth-order valence-electron chi connectivity index (χ4n) is 1.71. The Balaban J connectivity index is 2.82. The molecule has 0 bridgehead atoms. The molecule has 0 aliphatic rings. The van der Waals surface area contributed by atoms with Crippen LogP contribution in [0.5, 0.6) is 5.75 Å². The van der Waals surface area contributed by atoms with Gasteiger partial charge in [-0.1, -0.05) is 12.1 Å². The lowest BCUT2D eigenvalue weighted by Gasteiger charge is -2.09. The SMILES string of the molecule is COC(=O)c1c(N)cnc2c(OC)cccc12. The van der Waals surface area contributed by atoms with Gasteiger partial charge in [0.05, 0.1) is 31.7 Å². The van der Waals surface area contributed by atoms with Gasteiger partial charge in [-0.25, -0.2) is 4.79 Å². The Labute approximate surface area is 98.2 Å². The minimum Gasteiger partial charge on any atom is -0.494 e. The zero-order chi connectivity index (χ0) is 12.4. The first-order chi connectivity index (χ1) is 8.19. The maximum atomic E-state index is 11.7. The molecule has 1 aromatic heterocycles. The van der Waals surface area contributed by atoms with E-state index >= 15 is 0 Å². The quantitative estimate of drug-likeness (QED) is 0.796. The minimum atomic E-state index is -0.483. The van der Waals surface area contributed by atoms with Crippen LogP contribution in [-0.2, 0) is 4.74 Å². The minimum absolute atomic E-state index is 0.289. The first-order valence-corrected chi connectivity index (χ1v) is 4.98. The largest absolute Gasteiger partial charge is 0.494 e. The van der Waals surface area contributed by atoms with Crippen molar-refractivity contribution in [1.29, 1.82) is 0 Å². The lowest BCUT2D eigenvalue weighted by atomic mass is 10.1. The van der Waals surface area contributed by atoms with Crippen molar-refractivity contribution in [3.05, 3.63) is 30.0 Å². The number of anilines is 1. The Morgan fingerprint density at radius 1 is 1.35 bits per heavy atom. The molecule has 5 nitrogen and oxygen atoms in total. The van der Waals surface area contributed by atoms with Gasteiger partial charge < -0.3 is 15.2 Å². The maximum Gasteiger partial charge on any atom is 0.340 e. The molecule has 2 aromatic rings. The molecule has 2 rings (SSSR count). The average Bonchev–Trinajstić information content (AvgIpc) is 2.36. The number of fused-ring (bicyclic) bond motifs is 1. The normalized spacial score (nSPS) is 10.2. The van der Waals surface area contributed by atoms with Crippen molar-refractivity contribution >= 4 is 22.6 Å². The van der Waals surface area contributed by atoms with Crippen LogP contribution in [0.25, 0.3) is 10.9 Å². The Hall–Kier alpha value is -2.30. The number of methoxy groups -OCH3 is 2. The summed E-state index contributed by atoms with van der Waals surface area (Å²) >= 11 is 0. The van der Waals surface area contributed by atoms with E-state index in [1.807, 2.05) is 0 Å². The van der Waals surface area contributed by atoms with Gasteiger partial charge in [0.2, 0.25) is 0 Å². The molecule has 0 aliphatic carbocycles. The van der Waals surface area contributed by atoms with Gasteiger partial charge in [-0.3, -0.25) is 4.98 Å². The molecular weight excluding hydrogens is 220 g/mol. The number of esters is 1. The standard InChI is InChI=1S/C12H12N2O3/c1-16-9-5-3-4-7-10(12(15)17-2)8(13)6-14-11(7)9/h3-6H,13H2,1-2H3. The van der Waals surface area contributed by atoms with Crippen LogP contribution < -0.4 is 10.5 Å². The lowest BCUT2D eigenvalue weighted by molar-refractivity contribution is 0.0604. The molecule has 0 aliphatic heterocycles. The molecule has 0 saturated heterocycles. The van der Waals surface area contributed by atoms with Gasteiger partial charge in [-0.05, 0) is 6.07 Å². The fraction of sp³-hybridized carbons (Fsp3) is 0.167. The summed E-state index contributed by atoms with van der Waals surface area (Å²) in [7, 11) is 2.86. The first-order valence-electron chi connectivity index (χ1n) is 4.98. The van der Waals surface area contributed by atoms with Gasteiger partial charge in [0, 0.05) is 5.39 Å². The molecular formula is C12H12N2O3. The number of ether oxygens (including phenoxy) is 2. The molecule has 0 unspecified atom stereocenters. The number of nitrogen functional groups attached to an aromatic ring is 1. The predicted molar refractivity (Wildman–Crippen MR) is 64.0 cm³/mol. The number of carbonyl (C=O) groups is 1. The van der Waals surface area contributed by atoms with Crippen LogP contribution in [0.15, 0.2) is 24.4 Å². The second-order valence-electron chi connectivity index (χ2n) is 3.44. The Kier molecular flexibility index (Phi) is 2.82. The van der Waals surface area contributed by atoms with Crippen LogP contribution in [0, 0.1) is 0 Å². The van der Waals surface area contributed by atoms with E-state index in [9.17, 15) is 4.79 Å². The highest BCUT2D eigenvalue weighted by Gasteiger charge is 2.16. The van der Waals surface area contributed by atoms with Crippen LogP contribution in [0.2, 0.25) is 0 Å². The van der Waals surface area contributed by atoms with Crippen molar-refractivity contribution in [2.45, 2.75) is 0 Å². The number of nitrogens with zero attached hydrogens (tertiary/aromatic N) is 1. The van der Waals surface area contributed by atoms with Gasteiger partial charge in [0.15, 0.2) is 0 Å². The van der Waals surface area contributed by atoms with E-state index in [4.69, 9.17) is 15.2 Å². The highest BCUT2D eigenvalue weighted by molar-refractivity contribution is 6.08. The van der Waals surface area contributed by atoms with E-state index < -0.39 is 5.97 Å². The average molecular weight is 232 g/mol. The summed E-state index contributed by atoms with van der Waals surface area (Å²) in [5.74, 6) is 0.107. The lowest BCUT2D eigenvalue weighted by Crippen LogP contribution is -2.07. The van der Waals surface area contributed by atoms with E-state index in [1.165, 1.54) is 13.3 Å². The molecule has 17 heavy (non-hydrogen) atoms. The number of hydrogen-bond donors (Lipinski definition) is 1. The van der Waals surface area contributed by atoms with Crippen molar-refractivity contribution < 1.29 is 14.3 Å². The van der Waals surface area contributed by atoms with Gasteiger partial charge >= 0.3 is 5.97 Å². The third kappa shape index (κ3) is 1.75. The molecule has 1 heterocycles. The molecule has 88 valence electrons. The van der Waals surface area contributed by atoms with Crippen LogP contribution >= 0.6 is 0 Å². The highest BCUT2D eigenvalue weighted by Crippen LogP contribution is 2.29. The van der Waals surface area contributed by atoms with Crippen molar-refractivity contribution in [3.8, 4) is 5.75 Å². The molecule has 0 radical (unpaired) electrons. The highest BCUT2D eigenvalue weighted by atomic mass is 16.5. The van der Waals surface area contributed by atoms with Gasteiger partial charge in [0.25, 0.3) is 0 Å². The summed E-state index contributed by atoms with van der Waals surface area (Å²) in [6.45, 7) is 0. The zero-order valence-corrected chi connectivity index (χ0v) is 9.56. The monoisotopic (exact) mass is 232 g/mol. The molecule has 0 saturated carbocycles. The van der Waals surface area contributed by atoms with Gasteiger partial charge in [0.1, 0.15) is 11.3 Å². The number of carbonyl (C=O) groups excluding carboxylic acids is 1. The number of rotatable bonds is 2. The van der Waals surface area contributed by atoms with E-state index in [0.29, 0.717) is 22.2 Å². The second-order valence-corrected chi connectivity index (χ2v) is 3.44. The van der Waals surface area contributed by atoms with Crippen LogP contribution in [0.4, 0.5) is 5.69 Å². The predicted octanol–water partition coefficient (Wildman–Crippen LogP) is 1.61. The topological polar surface area (TPSA) is 74.4 Å². The Morgan fingerprint density at radius 3 is 2.76 bits per heavy atom. The number of para-hydroxylation sites is 1. The summed E-state index contributed by atoms with van der Waals surface area (Å²) in [6.07, 6.45) is 1.43. The molecule has 0 fully saturated rings. The molecule has 5 heteroatoms. The van der Waals surface area contributed by atoms with E-state index in [-0.39, 0.29) is 5.69 Å². The Morgan fingerprint density at radius 2 is 2.12 bits per heavy atom.